The first-order chi connectivity index (χ1) is 18.4. The van der Waals surface area contributed by atoms with Crippen molar-refractivity contribution in [3.8, 4) is 0 Å². The zero-order valence-corrected chi connectivity index (χ0v) is 25.6. The fourth-order valence-electron chi connectivity index (χ4n) is 9.85. The smallest absolute Gasteiger partial charge is 0.190 e. The second kappa shape index (κ2) is 9.78. The number of aliphatic hydroxyl groups is 1. The van der Waals surface area contributed by atoms with Crippen molar-refractivity contribution in [2.75, 3.05) is 0 Å². The SMILES string of the molecule is CC1CCC23CC2(C)CCC2C(C)C(OCc4cn(C(C)C(C)C5CCC(C)C(C)C5C)nn4)OC(O1)C23O. The van der Waals surface area contributed by atoms with E-state index in [1.54, 1.807) is 0 Å². The molecule has 1 spiro atoms. The second-order valence-electron chi connectivity index (χ2n) is 15.0. The first-order valence-corrected chi connectivity index (χ1v) is 16.0. The Labute approximate surface area is 235 Å². The first-order valence-electron chi connectivity index (χ1n) is 16.0. The molecule has 5 fully saturated rings. The molecule has 1 N–H and O–H groups in total. The van der Waals surface area contributed by atoms with E-state index in [9.17, 15) is 5.11 Å². The Balaban J connectivity index is 1.12. The summed E-state index contributed by atoms with van der Waals surface area (Å²) in [5.74, 6) is 3.74. The van der Waals surface area contributed by atoms with Gasteiger partial charge in [0.1, 0.15) is 11.3 Å². The third kappa shape index (κ3) is 4.19. The van der Waals surface area contributed by atoms with Gasteiger partial charge in [0.2, 0.25) is 0 Å². The molecule has 220 valence electrons. The molecule has 2 aliphatic heterocycles. The third-order valence-electron chi connectivity index (χ3n) is 13.2. The maximum atomic E-state index is 12.3. The van der Waals surface area contributed by atoms with Crippen LogP contribution in [0, 0.1) is 52.3 Å². The van der Waals surface area contributed by atoms with E-state index >= 15 is 0 Å². The molecule has 0 bridgehead atoms. The molecule has 7 heteroatoms. The lowest BCUT2D eigenvalue weighted by Crippen LogP contribution is -2.67. The Morgan fingerprint density at radius 3 is 2.56 bits per heavy atom. The van der Waals surface area contributed by atoms with Crippen LogP contribution in [0.2, 0.25) is 0 Å². The number of aromatic nitrogens is 3. The summed E-state index contributed by atoms with van der Waals surface area (Å²) in [7, 11) is 0. The van der Waals surface area contributed by atoms with E-state index in [0.29, 0.717) is 18.4 Å². The van der Waals surface area contributed by atoms with Crippen LogP contribution in [0.3, 0.4) is 0 Å². The standard InChI is InChI=1S/C32H53N3O4/c1-18-9-10-26(21(4)20(18)3)22(5)24(7)35-15-25(33-34-35)16-37-28-23(6)27-12-13-30(8)17-31(30)14-11-19(2)38-29(39-28)32(27,31)36/h15,18-24,26-29,36H,9-14,16-17H2,1-8H3. The average Bonchev–Trinajstić information content (AvgIpc) is 3.31. The molecular formula is C32H53N3O4. The topological polar surface area (TPSA) is 78.6 Å². The van der Waals surface area contributed by atoms with Gasteiger partial charge in [-0.2, -0.15) is 0 Å². The summed E-state index contributed by atoms with van der Waals surface area (Å²) in [6, 6.07) is 0.284. The maximum Gasteiger partial charge on any atom is 0.190 e. The molecule has 6 rings (SSSR count). The van der Waals surface area contributed by atoms with Gasteiger partial charge in [0, 0.05) is 17.3 Å². The van der Waals surface area contributed by atoms with Crippen molar-refractivity contribution in [2.24, 2.45) is 52.3 Å². The monoisotopic (exact) mass is 543 g/mol. The predicted octanol–water partition coefficient (Wildman–Crippen LogP) is 6.37. The van der Waals surface area contributed by atoms with Crippen molar-refractivity contribution in [3.63, 3.8) is 0 Å². The number of nitrogens with zero attached hydrogens (tertiary/aromatic N) is 3. The van der Waals surface area contributed by atoms with Gasteiger partial charge in [0.15, 0.2) is 12.6 Å². The van der Waals surface area contributed by atoms with Crippen LogP contribution >= 0.6 is 0 Å². The van der Waals surface area contributed by atoms with Gasteiger partial charge in [-0.3, -0.25) is 0 Å². The molecule has 39 heavy (non-hydrogen) atoms. The highest BCUT2D eigenvalue weighted by atomic mass is 16.8. The van der Waals surface area contributed by atoms with Crippen molar-refractivity contribution in [3.05, 3.63) is 11.9 Å². The number of hydrogen-bond acceptors (Lipinski definition) is 6. The molecule has 5 aliphatic rings. The molecule has 2 saturated heterocycles. The van der Waals surface area contributed by atoms with Gasteiger partial charge < -0.3 is 19.3 Å². The summed E-state index contributed by atoms with van der Waals surface area (Å²) in [4.78, 5) is 0. The lowest BCUT2D eigenvalue weighted by molar-refractivity contribution is -0.386. The van der Waals surface area contributed by atoms with Crippen LogP contribution in [0.5, 0.6) is 0 Å². The van der Waals surface area contributed by atoms with E-state index in [4.69, 9.17) is 14.2 Å². The summed E-state index contributed by atoms with van der Waals surface area (Å²) in [6.07, 6.45) is 8.92. The number of rotatable bonds is 6. The largest absolute Gasteiger partial charge is 0.384 e. The van der Waals surface area contributed by atoms with Crippen molar-refractivity contribution in [1.29, 1.82) is 0 Å². The molecule has 0 amide bonds. The van der Waals surface area contributed by atoms with Crippen LogP contribution in [0.15, 0.2) is 6.20 Å². The van der Waals surface area contributed by atoms with E-state index in [1.165, 1.54) is 19.3 Å². The van der Waals surface area contributed by atoms with Gasteiger partial charge in [0.25, 0.3) is 0 Å². The van der Waals surface area contributed by atoms with Crippen LogP contribution in [0.1, 0.15) is 112 Å². The maximum absolute atomic E-state index is 12.3. The molecule has 3 heterocycles. The molecule has 14 unspecified atom stereocenters. The summed E-state index contributed by atoms with van der Waals surface area (Å²) < 4.78 is 21.3. The van der Waals surface area contributed by atoms with Crippen molar-refractivity contribution in [2.45, 2.75) is 137 Å². The van der Waals surface area contributed by atoms with Crippen LogP contribution in [-0.2, 0) is 20.8 Å². The highest BCUT2D eigenvalue weighted by molar-refractivity contribution is 5.28. The molecule has 1 aromatic rings. The molecule has 0 radical (unpaired) electrons. The summed E-state index contributed by atoms with van der Waals surface area (Å²) in [6.45, 7) is 19.0. The summed E-state index contributed by atoms with van der Waals surface area (Å²) >= 11 is 0. The van der Waals surface area contributed by atoms with Gasteiger partial charge in [-0.1, -0.05) is 53.2 Å². The molecule has 0 aromatic carbocycles. The van der Waals surface area contributed by atoms with Crippen LogP contribution in [0.4, 0.5) is 0 Å². The van der Waals surface area contributed by atoms with Crippen LogP contribution in [-0.4, -0.2) is 44.4 Å². The van der Waals surface area contributed by atoms with Crippen molar-refractivity contribution in [1.82, 2.24) is 15.0 Å². The second-order valence-corrected chi connectivity index (χ2v) is 15.0. The van der Waals surface area contributed by atoms with Gasteiger partial charge in [-0.15, -0.1) is 5.10 Å². The summed E-state index contributed by atoms with van der Waals surface area (Å²) in [5.41, 5.74) is 0.0105. The Kier molecular flexibility index (Phi) is 7.05. The zero-order valence-electron chi connectivity index (χ0n) is 25.6. The lowest BCUT2D eigenvalue weighted by Gasteiger charge is -2.57. The molecular weight excluding hydrogens is 490 g/mol. The third-order valence-corrected chi connectivity index (χ3v) is 13.2. The molecule has 3 saturated carbocycles. The number of ether oxygens (including phenoxy) is 3. The first kappa shape index (κ1) is 28.1. The minimum Gasteiger partial charge on any atom is -0.384 e. The Morgan fingerprint density at radius 1 is 1.03 bits per heavy atom. The van der Waals surface area contributed by atoms with Gasteiger partial charge in [0.05, 0.1) is 24.9 Å². The summed E-state index contributed by atoms with van der Waals surface area (Å²) in [5, 5.41) is 21.4. The van der Waals surface area contributed by atoms with Crippen LogP contribution in [0.25, 0.3) is 0 Å². The van der Waals surface area contributed by atoms with E-state index in [1.807, 2.05) is 4.68 Å². The fourth-order valence-corrected chi connectivity index (χ4v) is 9.85. The normalized spacial score (nSPS) is 50.8. The predicted molar refractivity (Wildman–Crippen MR) is 149 cm³/mol. The average molecular weight is 544 g/mol. The molecule has 7 nitrogen and oxygen atoms in total. The van der Waals surface area contributed by atoms with Gasteiger partial charge >= 0.3 is 0 Å². The highest BCUT2D eigenvalue weighted by Crippen LogP contribution is 2.80. The van der Waals surface area contributed by atoms with Crippen molar-refractivity contribution < 1.29 is 19.3 Å². The Hall–Kier alpha value is -1.02. The molecule has 3 aliphatic carbocycles. The van der Waals surface area contributed by atoms with Crippen molar-refractivity contribution >= 4 is 0 Å². The molecule has 1 aromatic heterocycles. The van der Waals surface area contributed by atoms with Gasteiger partial charge in [-0.25, -0.2) is 4.68 Å². The molecule has 14 atom stereocenters. The minimum absolute atomic E-state index is 0.0695. The van der Waals surface area contributed by atoms with Gasteiger partial charge in [-0.05, 0) is 87.4 Å². The quantitative estimate of drug-likeness (QED) is 0.449. The fraction of sp³-hybridized carbons (Fsp3) is 0.938. The van der Waals surface area contributed by atoms with E-state index < -0.39 is 18.2 Å². The Bertz CT molecular complexity index is 1050. The zero-order chi connectivity index (χ0) is 27.9. The minimum atomic E-state index is -0.940. The lowest BCUT2D eigenvalue weighted by atomic mass is 9.58. The van der Waals surface area contributed by atoms with E-state index in [-0.39, 0.29) is 34.8 Å². The van der Waals surface area contributed by atoms with Crippen LogP contribution < -0.4 is 0 Å². The highest BCUT2D eigenvalue weighted by Gasteiger charge is 2.81. The number of hydrogen-bond donors (Lipinski definition) is 1. The van der Waals surface area contributed by atoms with E-state index in [0.717, 1.165) is 49.1 Å². The van der Waals surface area contributed by atoms with E-state index in [2.05, 4.69) is 71.9 Å². The Morgan fingerprint density at radius 2 is 1.79 bits per heavy atom.